The van der Waals surface area contributed by atoms with E-state index in [0.29, 0.717) is 23.9 Å². The van der Waals surface area contributed by atoms with Crippen LogP contribution in [0.15, 0.2) is 60.2 Å². The van der Waals surface area contributed by atoms with Crippen LogP contribution in [0.1, 0.15) is 28.7 Å². The zero-order chi connectivity index (χ0) is 19.4. The Labute approximate surface area is 170 Å². The molecule has 2 aliphatic rings. The highest BCUT2D eigenvalue weighted by Gasteiger charge is 2.30. The van der Waals surface area contributed by atoms with Crippen LogP contribution in [0.4, 0.5) is 0 Å². The number of pyridine rings is 1. The smallest absolute Gasteiger partial charge is 0.238 e. The number of aliphatic imine (C=N–C) groups is 1. The van der Waals surface area contributed by atoms with Crippen LogP contribution in [0.3, 0.4) is 0 Å². The van der Waals surface area contributed by atoms with E-state index in [1.54, 1.807) is 24.9 Å². The van der Waals surface area contributed by atoms with Gasteiger partial charge in [-0.15, -0.1) is 5.10 Å². The SMILES string of the molecule is Clc1ccc2c(c1)-n1nncc1Cc1c(C3=NCC(c4cccnc4)O3)ncn1-2. The van der Waals surface area contributed by atoms with Crippen LogP contribution in [0, 0.1) is 0 Å². The molecule has 0 bridgehead atoms. The van der Waals surface area contributed by atoms with Gasteiger partial charge in [-0.1, -0.05) is 22.9 Å². The van der Waals surface area contributed by atoms with Crippen molar-refractivity contribution in [3.63, 3.8) is 0 Å². The Morgan fingerprint density at radius 3 is 3.00 bits per heavy atom. The first-order chi connectivity index (χ1) is 14.3. The van der Waals surface area contributed by atoms with Gasteiger partial charge in [0.05, 0.1) is 35.5 Å². The number of fused-ring (bicyclic) bond motifs is 5. The van der Waals surface area contributed by atoms with E-state index < -0.39 is 0 Å². The Morgan fingerprint density at radius 1 is 1.14 bits per heavy atom. The summed E-state index contributed by atoms with van der Waals surface area (Å²) >= 11 is 6.24. The summed E-state index contributed by atoms with van der Waals surface area (Å²) in [7, 11) is 0. The van der Waals surface area contributed by atoms with Gasteiger partial charge < -0.3 is 4.74 Å². The van der Waals surface area contributed by atoms with Gasteiger partial charge in [-0.2, -0.15) is 0 Å². The van der Waals surface area contributed by atoms with E-state index >= 15 is 0 Å². The van der Waals surface area contributed by atoms with E-state index in [-0.39, 0.29) is 6.10 Å². The molecular formula is C20H14ClN7O. The van der Waals surface area contributed by atoms with Crippen LogP contribution in [0.2, 0.25) is 5.02 Å². The molecular weight excluding hydrogens is 390 g/mol. The maximum Gasteiger partial charge on any atom is 0.238 e. The maximum atomic E-state index is 6.24. The van der Waals surface area contributed by atoms with E-state index in [1.807, 2.05) is 39.6 Å². The van der Waals surface area contributed by atoms with Crippen LogP contribution < -0.4 is 0 Å². The van der Waals surface area contributed by atoms with E-state index in [4.69, 9.17) is 16.3 Å². The maximum absolute atomic E-state index is 6.24. The molecule has 1 atom stereocenters. The van der Waals surface area contributed by atoms with Gasteiger partial charge in [0.2, 0.25) is 5.90 Å². The molecule has 0 fully saturated rings. The van der Waals surface area contributed by atoms with Crippen molar-refractivity contribution in [1.82, 2.24) is 29.5 Å². The van der Waals surface area contributed by atoms with E-state index in [9.17, 15) is 0 Å². The Bertz CT molecular complexity index is 1260. The van der Waals surface area contributed by atoms with Crippen molar-refractivity contribution in [1.29, 1.82) is 0 Å². The van der Waals surface area contributed by atoms with Crippen LogP contribution >= 0.6 is 11.6 Å². The van der Waals surface area contributed by atoms with Crippen LogP contribution in [-0.4, -0.2) is 42.0 Å². The highest BCUT2D eigenvalue weighted by atomic mass is 35.5. The largest absolute Gasteiger partial charge is 0.466 e. The summed E-state index contributed by atoms with van der Waals surface area (Å²) in [4.78, 5) is 13.4. The monoisotopic (exact) mass is 403 g/mol. The minimum Gasteiger partial charge on any atom is -0.466 e. The highest BCUT2D eigenvalue weighted by Crippen LogP contribution is 2.32. The van der Waals surface area contributed by atoms with Crippen molar-refractivity contribution in [3.8, 4) is 11.4 Å². The summed E-state index contributed by atoms with van der Waals surface area (Å²) in [5.74, 6) is 0.545. The van der Waals surface area contributed by atoms with Crippen molar-refractivity contribution in [2.75, 3.05) is 6.54 Å². The molecule has 29 heavy (non-hydrogen) atoms. The molecule has 0 spiro atoms. The van der Waals surface area contributed by atoms with E-state index in [0.717, 1.165) is 34.0 Å². The number of halogens is 1. The number of hydrogen-bond donors (Lipinski definition) is 0. The molecule has 8 nitrogen and oxygen atoms in total. The third-order valence-electron chi connectivity index (χ3n) is 5.17. The molecule has 0 amide bonds. The third-order valence-corrected chi connectivity index (χ3v) is 5.41. The number of rotatable bonds is 2. The van der Waals surface area contributed by atoms with Gasteiger partial charge in [-0.05, 0) is 24.3 Å². The van der Waals surface area contributed by atoms with Gasteiger partial charge in [-0.25, -0.2) is 14.7 Å². The summed E-state index contributed by atoms with van der Waals surface area (Å²) < 4.78 is 10.0. The fraction of sp³-hybridized carbons (Fsp3) is 0.150. The topological polar surface area (TPSA) is 83.0 Å². The molecule has 4 aromatic rings. The molecule has 6 rings (SSSR count). The predicted molar refractivity (Wildman–Crippen MR) is 106 cm³/mol. The van der Waals surface area contributed by atoms with Crippen molar-refractivity contribution in [3.05, 3.63) is 82.9 Å². The number of nitrogens with zero attached hydrogens (tertiary/aromatic N) is 7. The van der Waals surface area contributed by atoms with Crippen molar-refractivity contribution in [2.24, 2.45) is 4.99 Å². The number of imidazole rings is 1. The van der Waals surface area contributed by atoms with E-state index in [2.05, 4.69) is 25.3 Å². The number of aromatic nitrogens is 6. The highest BCUT2D eigenvalue weighted by molar-refractivity contribution is 6.30. The fourth-order valence-electron chi connectivity index (χ4n) is 3.80. The zero-order valence-corrected chi connectivity index (χ0v) is 15.9. The summed E-state index contributed by atoms with van der Waals surface area (Å²) in [6, 6.07) is 9.59. The molecule has 142 valence electrons. The minimum atomic E-state index is -0.153. The van der Waals surface area contributed by atoms with Crippen LogP contribution in [-0.2, 0) is 11.2 Å². The van der Waals surface area contributed by atoms with Gasteiger partial charge in [0.15, 0.2) is 0 Å². The minimum absolute atomic E-state index is 0.153. The average Bonchev–Trinajstić information content (AvgIpc) is 3.48. The lowest BCUT2D eigenvalue weighted by Crippen LogP contribution is -2.10. The quantitative estimate of drug-likeness (QED) is 0.452. The molecule has 3 aromatic heterocycles. The van der Waals surface area contributed by atoms with Crippen LogP contribution in [0.25, 0.3) is 11.4 Å². The Morgan fingerprint density at radius 2 is 2.10 bits per heavy atom. The van der Waals surface area contributed by atoms with Gasteiger partial charge in [0, 0.05) is 29.4 Å². The van der Waals surface area contributed by atoms with Gasteiger partial charge in [0.25, 0.3) is 0 Å². The Kier molecular flexibility index (Phi) is 3.54. The summed E-state index contributed by atoms with van der Waals surface area (Å²) in [6.45, 7) is 0.541. The zero-order valence-electron chi connectivity index (χ0n) is 15.1. The summed E-state index contributed by atoms with van der Waals surface area (Å²) in [5.41, 5.74) is 5.42. The Balaban J connectivity index is 1.44. The van der Waals surface area contributed by atoms with Crippen molar-refractivity contribution >= 4 is 17.5 Å². The molecule has 0 saturated carbocycles. The molecule has 9 heteroatoms. The second kappa shape index (κ2) is 6.25. The van der Waals surface area contributed by atoms with Crippen molar-refractivity contribution in [2.45, 2.75) is 12.5 Å². The predicted octanol–water partition coefficient (Wildman–Crippen LogP) is 2.92. The molecule has 0 radical (unpaired) electrons. The lowest BCUT2D eigenvalue weighted by Gasteiger charge is -2.11. The number of ether oxygens (including phenoxy) is 1. The number of hydrogen-bond acceptors (Lipinski definition) is 6. The standard InChI is InChI=1S/C20H14ClN7O/c21-13-3-4-15-16(6-13)28-14(9-25-26-28)7-17-19(24-11-27(15)17)20-23-10-18(29-20)12-2-1-5-22-8-12/h1-6,8-9,11,18H,7,10H2. The summed E-state index contributed by atoms with van der Waals surface area (Å²) in [5, 5.41) is 8.96. The lowest BCUT2D eigenvalue weighted by molar-refractivity contribution is 0.229. The average molecular weight is 404 g/mol. The summed E-state index contributed by atoms with van der Waals surface area (Å²) in [6.07, 6.45) is 7.54. The molecule has 1 unspecified atom stereocenters. The van der Waals surface area contributed by atoms with Gasteiger partial charge >= 0.3 is 0 Å². The van der Waals surface area contributed by atoms with Gasteiger partial charge in [-0.3, -0.25) is 9.55 Å². The van der Waals surface area contributed by atoms with E-state index in [1.165, 1.54) is 0 Å². The van der Waals surface area contributed by atoms with Crippen LogP contribution in [0.5, 0.6) is 0 Å². The van der Waals surface area contributed by atoms with Crippen molar-refractivity contribution < 1.29 is 4.74 Å². The first-order valence-electron chi connectivity index (χ1n) is 9.15. The fourth-order valence-corrected chi connectivity index (χ4v) is 3.96. The molecule has 5 heterocycles. The molecule has 0 saturated heterocycles. The second-order valence-corrected chi connectivity index (χ2v) is 7.33. The third kappa shape index (κ3) is 2.56. The first-order valence-corrected chi connectivity index (χ1v) is 9.53. The molecule has 0 aliphatic carbocycles. The first kappa shape index (κ1) is 16.4. The lowest BCUT2D eigenvalue weighted by atomic mass is 10.2. The second-order valence-electron chi connectivity index (χ2n) is 6.90. The molecule has 1 aromatic carbocycles. The molecule has 2 aliphatic heterocycles. The molecule has 0 N–H and O–H groups in total. The van der Waals surface area contributed by atoms with Gasteiger partial charge in [0.1, 0.15) is 18.1 Å². The number of benzene rings is 1. The Hall–Kier alpha value is -3.52. The normalized spacial score (nSPS) is 17.0.